The fourth-order valence-electron chi connectivity index (χ4n) is 3.18. The largest absolute Gasteiger partial charge is 0.418 e. The van der Waals surface area contributed by atoms with E-state index >= 15 is 0 Å². The van der Waals surface area contributed by atoms with Crippen molar-refractivity contribution in [3.63, 3.8) is 0 Å². The normalized spacial score (nSPS) is 14.0. The van der Waals surface area contributed by atoms with E-state index < -0.39 is 17.6 Å². The van der Waals surface area contributed by atoms with Crippen LogP contribution in [0.25, 0.3) is 11.3 Å². The molecule has 1 aromatic heterocycles. The van der Waals surface area contributed by atoms with Crippen molar-refractivity contribution < 1.29 is 18.0 Å². The Labute approximate surface area is 147 Å². The molecule has 26 heavy (non-hydrogen) atoms. The average Bonchev–Trinajstić information content (AvgIpc) is 2.61. The van der Waals surface area contributed by atoms with E-state index in [9.17, 15) is 22.8 Å². The van der Waals surface area contributed by atoms with Gasteiger partial charge in [0.2, 0.25) is 5.91 Å². The van der Waals surface area contributed by atoms with Crippen LogP contribution in [0.3, 0.4) is 0 Å². The van der Waals surface area contributed by atoms with Gasteiger partial charge in [-0.15, -0.1) is 0 Å². The van der Waals surface area contributed by atoms with Crippen LogP contribution >= 0.6 is 0 Å². The van der Waals surface area contributed by atoms with Gasteiger partial charge in [0.25, 0.3) is 5.56 Å². The molecule has 0 aliphatic heterocycles. The fourth-order valence-corrected chi connectivity index (χ4v) is 3.18. The number of benzene rings is 1. The molecule has 8 heteroatoms. The number of H-pyrrole nitrogens is 1. The molecule has 0 atom stereocenters. The maximum Gasteiger partial charge on any atom is 0.418 e. The van der Waals surface area contributed by atoms with Crippen LogP contribution in [0.1, 0.15) is 42.9 Å². The molecule has 138 valence electrons. The van der Waals surface area contributed by atoms with E-state index in [4.69, 9.17) is 0 Å². The van der Waals surface area contributed by atoms with Crippen LogP contribution in [0, 0.1) is 0 Å². The minimum absolute atomic E-state index is 0.0633. The van der Waals surface area contributed by atoms with E-state index in [1.807, 2.05) is 0 Å². The van der Waals surface area contributed by atoms with E-state index in [0.29, 0.717) is 29.7 Å². The van der Waals surface area contributed by atoms with Gasteiger partial charge in [0, 0.05) is 17.5 Å². The third-order valence-electron chi connectivity index (χ3n) is 4.49. The summed E-state index contributed by atoms with van der Waals surface area (Å²) in [4.78, 5) is 23.6. The summed E-state index contributed by atoms with van der Waals surface area (Å²) in [6.07, 6.45) is -1.46. The molecular formula is C18H18F3N3O2. The summed E-state index contributed by atoms with van der Waals surface area (Å²) in [6.45, 7) is 1.56. The SMILES string of the molecule is CCC(=O)Nc1cc(-c2n[nH]c(=O)c3c2CCCC3)ccc1C(F)(F)F. The van der Waals surface area contributed by atoms with E-state index in [0.717, 1.165) is 24.5 Å². The highest BCUT2D eigenvalue weighted by Crippen LogP contribution is 2.38. The van der Waals surface area contributed by atoms with E-state index in [-0.39, 0.29) is 17.7 Å². The Morgan fingerprint density at radius 3 is 2.58 bits per heavy atom. The van der Waals surface area contributed by atoms with Gasteiger partial charge in [-0.3, -0.25) is 9.59 Å². The van der Waals surface area contributed by atoms with Crippen LogP contribution in [0.2, 0.25) is 0 Å². The summed E-state index contributed by atoms with van der Waals surface area (Å²) in [5.74, 6) is -0.510. The Kier molecular flexibility index (Phi) is 4.84. The number of hydrogen-bond donors (Lipinski definition) is 2. The highest BCUT2D eigenvalue weighted by Gasteiger charge is 2.34. The number of alkyl halides is 3. The van der Waals surface area contributed by atoms with Gasteiger partial charge in [0.15, 0.2) is 0 Å². The molecule has 2 aromatic rings. The fraction of sp³-hybridized carbons (Fsp3) is 0.389. The number of nitrogens with one attached hydrogen (secondary N) is 2. The molecule has 1 aliphatic carbocycles. The Balaban J connectivity index is 2.14. The highest BCUT2D eigenvalue weighted by molar-refractivity contribution is 5.92. The molecule has 0 bridgehead atoms. The average molecular weight is 365 g/mol. The van der Waals surface area contributed by atoms with Crippen LogP contribution in [0.15, 0.2) is 23.0 Å². The van der Waals surface area contributed by atoms with Gasteiger partial charge in [-0.2, -0.15) is 18.3 Å². The molecule has 1 aliphatic rings. The van der Waals surface area contributed by atoms with Crippen molar-refractivity contribution in [2.24, 2.45) is 0 Å². The molecular weight excluding hydrogens is 347 g/mol. The second-order valence-electron chi connectivity index (χ2n) is 6.23. The Morgan fingerprint density at radius 2 is 1.92 bits per heavy atom. The smallest absolute Gasteiger partial charge is 0.325 e. The van der Waals surface area contributed by atoms with Crippen molar-refractivity contribution in [1.29, 1.82) is 0 Å². The maximum absolute atomic E-state index is 13.2. The van der Waals surface area contributed by atoms with Crippen molar-refractivity contribution >= 4 is 11.6 Å². The first kappa shape index (κ1) is 18.2. The zero-order valence-corrected chi connectivity index (χ0v) is 14.2. The number of aromatic amines is 1. The van der Waals surface area contributed by atoms with Crippen molar-refractivity contribution in [2.45, 2.75) is 45.2 Å². The molecule has 0 saturated carbocycles. The number of amides is 1. The topological polar surface area (TPSA) is 74.8 Å². The number of hydrogen-bond acceptors (Lipinski definition) is 3. The maximum atomic E-state index is 13.2. The van der Waals surface area contributed by atoms with Gasteiger partial charge in [0.05, 0.1) is 16.9 Å². The Hall–Kier alpha value is -2.64. The van der Waals surface area contributed by atoms with Crippen LogP contribution in [-0.4, -0.2) is 16.1 Å². The lowest BCUT2D eigenvalue weighted by atomic mass is 9.89. The monoisotopic (exact) mass is 365 g/mol. The number of aromatic nitrogens is 2. The summed E-state index contributed by atoms with van der Waals surface area (Å²) in [6, 6.07) is 3.52. The number of rotatable bonds is 3. The van der Waals surface area contributed by atoms with E-state index in [1.54, 1.807) is 6.92 Å². The molecule has 1 amide bonds. The van der Waals surface area contributed by atoms with Crippen molar-refractivity contribution in [3.05, 3.63) is 45.2 Å². The van der Waals surface area contributed by atoms with Gasteiger partial charge < -0.3 is 5.32 Å². The third kappa shape index (κ3) is 3.49. The first-order chi connectivity index (χ1) is 12.3. The molecule has 0 fully saturated rings. The summed E-state index contributed by atoms with van der Waals surface area (Å²) in [7, 11) is 0. The molecule has 1 aromatic carbocycles. The Morgan fingerprint density at radius 1 is 1.23 bits per heavy atom. The quantitative estimate of drug-likeness (QED) is 0.871. The summed E-state index contributed by atoms with van der Waals surface area (Å²) >= 11 is 0. The van der Waals surface area contributed by atoms with Gasteiger partial charge in [-0.05, 0) is 43.4 Å². The van der Waals surface area contributed by atoms with Crippen LogP contribution in [-0.2, 0) is 23.8 Å². The second-order valence-corrected chi connectivity index (χ2v) is 6.23. The predicted molar refractivity (Wildman–Crippen MR) is 90.9 cm³/mol. The standard InChI is InChI=1S/C18H18F3N3O2/c1-2-15(25)22-14-9-10(7-8-13(14)18(19,20)21)16-11-5-3-4-6-12(11)17(26)24-23-16/h7-9H,2-6H2,1H3,(H,22,25)(H,24,26). The lowest BCUT2D eigenvalue weighted by molar-refractivity contribution is -0.137. The number of carbonyl (C=O) groups is 1. The van der Waals surface area contributed by atoms with Crippen molar-refractivity contribution in [3.8, 4) is 11.3 Å². The minimum Gasteiger partial charge on any atom is -0.325 e. The molecule has 0 spiro atoms. The third-order valence-corrected chi connectivity index (χ3v) is 4.49. The van der Waals surface area contributed by atoms with Gasteiger partial charge in [0.1, 0.15) is 0 Å². The second kappa shape index (κ2) is 6.93. The van der Waals surface area contributed by atoms with E-state index in [1.165, 1.54) is 12.1 Å². The molecule has 1 heterocycles. The Bertz CT molecular complexity index is 904. The zero-order valence-electron chi connectivity index (χ0n) is 14.2. The summed E-state index contributed by atoms with van der Waals surface area (Å²) in [5, 5.41) is 8.80. The van der Waals surface area contributed by atoms with Crippen LogP contribution in [0.4, 0.5) is 18.9 Å². The number of fused-ring (bicyclic) bond motifs is 1. The molecule has 2 N–H and O–H groups in total. The highest BCUT2D eigenvalue weighted by atomic mass is 19.4. The molecule has 0 saturated heterocycles. The summed E-state index contributed by atoms with van der Waals surface area (Å²) in [5.41, 5.74) is 0.822. The predicted octanol–water partition coefficient (Wildman–Crippen LogP) is 3.68. The van der Waals surface area contributed by atoms with Gasteiger partial charge >= 0.3 is 6.18 Å². The molecule has 0 radical (unpaired) electrons. The first-order valence-corrected chi connectivity index (χ1v) is 8.43. The van der Waals surface area contributed by atoms with Crippen LogP contribution in [0.5, 0.6) is 0 Å². The number of carbonyl (C=O) groups excluding carboxylic acids is 1. The number of anilines is 1. The number of halogens is 3. The van der Waals surface area contributed by atoms with Crippen molar-refractivity contribution in [1.82, 2.24) is 10.2 Å². The molecule has 5 nitrogen and oxygen atoms in total. The van der Waals surface area contributed by atoms with Gasteiger partial charge in [-0.25, -0.2) is 5.10 Å². The minimum atomic E-state index is -4.59. The lowest BCUT2D eigenvalue weighted by Crippen LogP contribution is -2.21. The van der Waals surface area contributed by atoms with Crippen molar-refractivity contribution in [2.75, 3.05) is 5.32 Å². The molecule has 3 rings (SSSR count). The van der Waals surface area contributed by atoms with Crippen LogP contribution < -0.4 is 10.9 Å². The summed E-state index contributed by atoms with van der Waals surface area (Å²) < 4.78 is 39.7. The van der Waals surface area contributed by atoms with E-state index in [2.05, 4.69) is 15.5 Å². The molecule has 0 unspecified atom stereocenters. The number of nitrogens with zero attached hydrogens (tertiary/aromatic N) is 1. The zero-order chi connectivity index (χ0) is 18.9. The van der Waals surface area contributed by atoms with Gasteiger partial charge in [-0.1, -0.05) is 13.0 Å². The first-order valence-electron chi connectivity index (χ1n) is 8.43. The lowest BCUT2D eigenvalue weighted by Gasteiger charge is -2.19.